The van der Waals surface area contributed by atoms with Crippen molar-refractivity contribution in [3.63, 3.8) is 0 Å². The van der Waals surface area contributed by atoms with E-state index < -0.39 is 0 Å². The quantitative estimate of drug-likeness (QED) is 0.0360. The summed E-state index contributed by atoms with van der Waals surface area (Å²) in [5.41, 5.74) is -0.385. The smallest absolute Gasteiger partial charge is 0.306 e. The highest BCUT2D eigenvalue weighted by molar-refractivity contribution is 5.70. The number of nitrogens with zero attached hydrogens (tertiary/aromatic N) is 1. The van der Waals surface area contributed by atoms with Crippen molar-refractivity contribution < 1.29 is 28.6 Å². The zero-order valence-electron chi connectivity index (χ0n) is 37.0. The van der Waals surface area contributed by atoms with E-state index in [0.29, 0.717) is 37.7 Å². The average molecular weight is 774 g/mol. The summed E-state index contributed by atoms with van der Waals surface area (Å²) < 4.78 is 17.7. The molecule has 0 spiro atoms. The van der Waals surface area contributed by atoms with Crippen molar-refractivity contribution in [2.75, 3.05) is 27.2 Å². The molecule has 0 N–H and O–H groups in total. The monoisotopic (exact) mass is 774 g/mol. The van der Waals surface area contributed by atoms with Crippen molar-refractivity contribution in [2.24, 2.45) is 41.4 Å². The molecule has 0 aromatic rings. The maximum absolute atomic E-state index is 12.8. The van der Waals surface area contributed by atoms with Crippen molar-refractivity contribution in [2.45, 2.75) is 220 Å². The van der Waals surface area contributed by atoms with Crippen LogP contribution in [0.2, 0.25) is 0 Å². The number of carbonyl (C=O) groups excluding carboxylic acids is 3. The van der Waals surface area contributed by atoms with E-state index in [0.717, 1.165) is 126 Å². The lowest BCUT2D eigenvalue weighted by Crippen LogP contribution is -2.40. The van der Waals surface area contributed by atoms with Gasteiger partial charge in [0.2, 0.25) is 0 Å². The number of hydrogen-bond acceptors (Lipinski definition) is 7. The zero-order valence-corrected chi connectivity index (χ0v) is 37.0. The van der Waals surface area contributed by atoms with Gasteiger partial charge in [-0.1, -0.05) is 111 Å². The highest BCUT2D eigenvalue weighted by atomic mass is 16.6. The Balaban J connectivity index is 1.24. The third-order valence-corrected chi connectivity index (χ3v) is 13.7. The third kappa shape index (κ3) is 19.1. The lowest BCUT2D eigenvalue weighted by Gasteiger charge is -2.37. The third-order valence-electron chi connectivity index (χ3n) is 13.7. The van der Waals surface area contributed by atoms with Crippen LogP contribution in [-0.4, -0.2) is 61.8 Å². The summed E-state index contributed by atoms with van der Waals surface area (Å²) in [6, 6.07) is 0. The number of fused-ring (bicyclic) bond motifs is 3. The van der Waals surface area contributed by atoms with Crippen LogP contribution in [0, 0.1) is 41.4 Å². The fourth-order valence-electron chi connectivity index (χ4n) is 9.90. The van der Waals surface area contributed by atoms with Gasteiger partial charge in [-0.2, -0.15) is 0 Å². The fourth-order valence-corrected chi connectivity index (χ4v) is 9.90. The Kier molecular flexibility index (Phi) is 22.9. The summed E-state index contributed by atoms with van der Waals surface area (Å²) in [6.45, 7) is 12.6. The Bertz CT molecular complexity index is 1050. The van der Waals surface area contributed by atoms with Gasteiger partial charge in [0.15, 0.2) is 0 Å². The van der Waals surface area contributed by atoms with Crippen LogP contribution in [-0.2, 0) is 28.6 Å². The van der Waals surface area contributed by atoms with Crippen molar-refractivity contribution in [1.82, 2.24) is 4.90 Å². The summed E-state index contributed by atoms with van der Waals surface area (Å²) in [6.07, 6.45) is 28.4. The molecule has 0 heterocycles. The van der Waals surface area contributed by atoms with Crippen molar-refractivity contribution >= 4 is 17.9 Å². The van der Waals surface area contributed by atoms with E-state index in [9.17, 15) is 14.4 Å². The van der Waals surface area contributed by atoms with Crippen molar-refractivity contribution in [3.05, 3.63) is 0 Å². The molecule has 0 bridgehead atoms. The summed E-state index contributed by atoms with van der Waals surface area (Å²) in [7, 11) is 4.06. The van der Waals surface area contributed by atoms with Crippen LogP contribution in [0.15, 0.2) is 0 Å². The second kappa shape index (κ2) is 26.4. The minimum atomic E-state index is -0.385. The van der Waals surface area contributed by atoms with Crippen LogP contribution in [0.25, 0.3) is 0 Å². The molecule has 3 saturated carbocycles. The molecule has 55 heavy (non-hydrogen) atoms. The number of carbonyl (C=O) groups is 3. The molecule has 6 unspecified atom stereocenters. The normalized spacial score (nSPS) is 22.3. The highest BCUT2D eigenvalue weighted by Gasteiger charge is 2.69. The second-order valence-electron chi connectivity index (χ2n) is 19.1. The largest absolute Gasteiger partial charge is 0.466 e. The van der Waals surface area contributed by atoms with Crippen LogP contribution in [0.4, 0.5) is 0 Å². The standard InChI is InChI=1S/C48H87NO6/c1-8-10-18-25-38(26-19-11-9-2)32-34-53-44(50)29-22-16-12-14-20-27-39(54-45(51)31-24-33-49(6)7)28-21-15-13-17-23-30-46(52)55-48(4,5)37(3)47-42-35-40(42)41-36-43(41)47/h37-43,47H,8-36H2,1-7H3. The van der Waals surface area contributed by atoms with Crippen LogP contribution < -0.4 is 0 Å². The average Bonchev–Trinajstić information content (AvgIpc) is 4.07. The molecule has 7 nitrogen and oxygen atoms in total. The molecule has 7 heteroatoms. The van der Waals surface area contributed by atoms with E-state index in [-0.39, 0.29) is 29.6 Å². The molecule has 0 radical (unpaired) electrons. The number of esters is 3. The number of unbranched alkanes of at least 4 members (excludes halogenated alkanes) is 12. The highest BCUT2D eigenvalue weighted by Crippen LogP contribution is 2.74. The van der Waals surface area contributed by atoms with Crippen LogP contribution in [0.1, 0.15) is 208 Å². The number of rotatable bonds is 35. The van der Waals surface area contributed by atoms with Gasteiger partial charge in [-0.3, -0.25) is 14.4 Å². The van der Waals surface area contributed by atoms with Gasteiger partial charge in [0.05, 0.1) is 6.61 Å². The predicted octanol–water partition coefficient (Wildman–Crippen LogP) is 12.3. The lowest BCUT2D eigenvalue weighted by molar-refractivity contribution is -0.164. The fraction of sp³-hybridized carbons (Fsp3) is 0.938. The maximum atomic E-state index is 12.8. The molecule has 3 aliphatic carbocycles. The van der Waals surface area contributed by atoms with Crippen LogP contribution >= 0.6 is 0 Å². The van der Waals surface area contributed by atoms with Crippen molar-refractivity contribution in [3.8, 4) is 0 Å². The molecule has 0 aromatic heterocycles. The SMILES string of the molecule is CCCCCC(CCCCC)CCOC(=O)CCCCCCCC(CCCCCCCC(=O)OC(C)(C)C(C)C1C2CC2C2CC21)OC(=O)CCCN(C)C. The first-order valence-electron chi connectivity index (χ1n) is 23.7. The Morgan fingerprint density at radius 1 is 0.600 bits per heavy atom. The molecule has 0 aliphatic heterocycles. The zero-order chi connectivity index (χ0) is 40.1. The molecular formula is C48H87NO6. The van der Waals surface area contributed by atoms with E-state index in [4.69, 9.17) is 14.2 Å². The van der Waals surface area contributed by atoms with Gasteiger partial charge in [-0.05, 0) is 140 Å². The topological polar surface area (TPSA) is 82.1 Å². The molecule has 6 atom stereocenters. The second-order valence-corrected chi connectivity index (χ2v) is 19.1. The van der Waals surface area contributed by atoms with Gasteiger partial charge < -0.3 is 19.1 Å². The van der Waals surface area contributed by atoms with Gasteiger partial charge in [-0.25, -0.2) is 0 Å². The molecule has 0 amide bonds. The number of hydrogen-bond donors (Lipinski definition) is 0. The van der Waals surface area contributed by atoms with E-state index in [1.807, 2.05) is 14.1 Å². The van der Waals surface area contributed by atoms with E-state index in [2.05, 4.69) is 39.5 Å². The molecule has 3 aliphatic rings. The van der Waals surface area contributed by atoms with E-state index >= 15 is 0 Å². The molecule has 3 fully saturated rings. The summed E-state index contributed by atoms with van der Waals surface area (Å²) in [5, 5.41) is 0. The summed E-state index contributed by atoms with van der Waals surface area (Å²) in [5.74, 6) is 5.53. The first kappa shape index (κ1) is 47.7. The van der Waals surface area contributed by atoms with Gasteiger partial charge in [-0.15, -0.1) is 0 Å². The first-order chi connectivity index (χ1) is 26.5. The van der Waals surface area contributed by atoms with Crippen molar-refractivity contribution in [1.29, 1.82) is 0 Å². The summed E-state index contributed by atoms with van der Waals surface area (Å²) in [4.78, 5) is 40.0. The lowest BCUT2D eigenvalue weighted by atomic mass is 9.77. The van der Waals surface area contributed by atoms with Gasteiger partial charge >= 0.3 is 17.9 Å². The Morgan fingerprint density at radius 2 is 1.09 bits per heavy atom. The van der Waals surface area contributed by atoms with E-state index in [1.54, 1.807) is 0 Å². The first-order valence-corrected chi connectivity index (χ1v) is 23.7. The number of ether oxygens (including phenoxy) is 3. The van der Waals surface area contributed by atoms with Gasteiger partial charge in [0, 0.05) is 19.3 Å². The Morgan fingerprint density at radius 3 is 1.64 bits per heavy atom. The maximum Gasteiger partial charge on any atom is 0.306 e. The Labute approximate surface area is 338 Å². The predicted molar refractivity (Wildman–Crippen MR) is 226 cm³/mol. The minimum absolute atomic E-state index is 0.0227. The molecular weight excluding hydrogens is 687 g/mol. The van der Waals surface area contributed by atoms with E-state index in [1.165, 1.54) is 64.2 Å². The molecule has 320 valence electrons. The van der Waals surface area contributed by atoms with Crippen LogP contribution in [0.3, 0.4) is 0 Å². The molecule has 0 aromatic carbocycles. The Hall–Kier alpha value is -1.63. The minimum Gasteiger partial charge on any atom is -0.466 e. The van der Waals surface area contributed by atoms with Crippen LogP contribution in [0.5, 0.6) is 0 Å². The summed E-state index contributed by atoms with van der Waals surface area (Å²) >= 11 is 0. The van der Waals surface area contributed by atoms with Gasteiger partial charge in [0.25, 0.3) is 0 Å². The van der Waals surface area contributed by atoms with Gasteiger partial charge in [0.1, 0.15) is 11.7 Å². The molecule has 3 rings (SSSR count). The molecule has 0 saturated heterocycles.